The lowest BCUT2D eigenvalue weighted by atomic mass is 10.2. The lowest BCUT2D eigenvalue weighted by molar-refractivity contribution is 0.373. The van der Waals surface area contributed by atoms with E-state index in [1.165, 1.54) is 29.1 Å². The van der Waals surface area contributed by atoms with Gasteiger partial charge < -0.3 is 9.84 Å². The van der Waals surface area contributed by atoms with Crippen LogP contribution in [0, 0.1) is 0 Å². The SMILES string of the molecule is C=c1s/c(=C/c2ccc(O)c(OC)c2)c(=O)n1-c1cccnc1. The molecule has 0 bridgehead atoms. The van der Waals surface area contributed by atoms with Gasteiger partial charge in [-0.2, -0.15) is 0 Å². The minimum atomic E-state index is -0.153. The topological polar surface area (TPSA) is 64.3 Å². The van der Waals surface area contributed by atoms with Crippen molar-refractivity contribution in [3.63, 3.8) is 0 Å². The van der Waals surface area contributed by atoms with Crippen molar-refractivity contribution in [2.24, 2.45) is 0 Å². The van der Waals surface area contributed by atoms with Gasteiger partial charge in [-0.3, -0.25) is 14.3 Å². The van der Waals surface area contributed by atoms with Crippen LogP contribution < -0.4 is 19.5 Å². The number of ether oxygens (including phenoxy) is 1. The van der Waals surface area contributed by atoms with Crippen LogP contribution in [0.1, 0.15) is 5.56 Å². The van der Waals surface area contributed by atoms with Crippen LogP contribution in [0.15, 0.2) is 47.5 Å². The zero-order chi connectivity index (χ0) is 16.4. The molecule has 6 heteroatoms. The van der Waals surface area contributed by atoms with Crippen molar-refractivity contribution in [1.82, 2.24) is 9.55 Å². The van der Waals surface area contributed by atoms with E-state index in [9.17, 15) is 9.90 Å². The number of rotatable bonds is 3. The molecule has 0 saturated carbocycles. The van der Waals surface area contributed by atoms with Crippen LogP contribution in [0.4, 0.5) is 0 Å². The van der Waals surface area contributed by atoms with Gasteiger partial charge in [0.2, 0.25) is 0 Å². The number of benzene rings is 1. The van der Waals surface area contributed by atoms with Crippen LogP contribution in [0.25, 0.3) is 18.3 Å². The lowest BCUT2D eigenvalue weighted by Gasteiger charge is -2.03. The Hall–Kier alpha value is -2.86. The first-order valence-corrected chi connectivity index (χ1v) is 7.62. The Kier molecular flexibility index (Phi) is 3.99. The van der Waals surface area contributed by atoms with Gasteiger partial charge in [0, 0.05) is 6.20 Å². The third kappa shape index (κ3) is 2.89. The summed E-state index contributed by atoms with van der Waals surface area (Å²) in [5, 5.41) is 9.63. The molecule has 0 unspecified atom stereocenters. The number of pyridine rings is 1. The highest BCUT2D eigenvalue weighted by molar-refractivity contribution is 7.07. The zero-order valence-electron chi connectivity index (χ0n) is 12.4. The molecule has 3 rings (SSSR count). The van der Waals surface area contributed by atoms with E-state index in [1.807, 2.05) is 6.07 Å². The lowest BCUT2D eigenvalue weighted by Crippen LogP contribution is -2.29. The predicted octanol–water partition coefficient (Wildman–Crippen LogP) is 1.25. The molecule has 1 aromatic carbocycles. The number of nitrogens with zero attached hydrogens (tertiary/aromatic N) is 2. The second-order valence-electron chi connectivity index (χ2n) is 4.79. The summed E-state index contributed by atoms with van der Waals surface area (Å²) in [7, 11) is 1.48. The number of hydrogen-bond acceptors (Lipinski definition) is 5. The summed E-state index contributed by atoms with van der Waals surface area (Å²) in [5.41, 5.74) is 1.29. The average molecular weight is 326 g/mol. The summed E-state index contributed by atoms with van der Waals surface area (Å²) in [6, 6.07) is 8.50. The van der Waals surface area contributed by atoms with Gasteiger partial charge in [0.1, 0.15) is 0 Å². The Morgan fingerprint density at radius 1 is 1.39 bits per heavy atom. The Morgan fingerprint density at radius 2 is 2.22 bits per heavy atom. The first-order chi connectivity index (χ1) is 11.1. The molecule has 23 heavy (non-hydrogen) atoms. The fourth-order valence-corrected chi connectivity index (χ4v) is 3.12. The van der Waals surface area contributed by atoms with Crippen molar-refractivity contribution >= 4 is 24.0 Å². The van der Waals surface area contributed by atoms with E-state index in [4.69, 9.17) is 4.74 Å². The molecule has 0 fully saturated rings. The fourth-order valence-electron chi connectivity index (χ4n) is 2.21. The molecule has 0 aliphatic rings. The third-order valence-electron chi connectivity index (χ3n) is 3.30. The molecule has 5 nitrogen and oxygen atoms in total. The first kappa shape index (κ1) is 15.1. The highest BCUT2D eigenvalue weighted by Gasteiger charge is 2.06. The summed E-state index contributed by atoms with van der Waals surface area (Å²) in [6.07, 6.45) is 5.02. The zero-order valence-corrected chi connectivity index (χ0v) is 13.2. The Labute approximate surface area is 136 Å². The van der Waals surface area contributed by atoms with Gasteiger partial charge in [-0.1, -0.05) is 12.6 Å². The molecule has 2 heterocycles. The maximum Gasteiger partial charge on any atom is 0.273 e. The van der Waals surface area contributed by atoms with Crippen molar-refractivity contribution in [2.75, 3.05) is 7.11 Å². The van der Waals surface area contributed by atoms with Gasteiger partial charge in [0.05, 0.1) is 28.2 Å². The maximum absolute atomic E-state index is 12.6. The minimum Gasteiger partial charge on any atom is -0.504 e. The molecule has 0 atom stereocenters. The largest absolute Gasteiger partial charge is 0.504 e. The number of methoxy groups -OCH3 is 1. The van der Waals surface area contributed by atoms with E-state index in [0.29, 0.717) is 20.6 Å². The molecule has 3 aromatic rings. The minimum absolute atomic E-state index is 0.0569. The number of aromatic hydroxyl groups is 1. The standard InChI is InChI=1S/C17H14N2O3S/c1-11-19(13-4-3-7-18-10-13)17(21)16(23-11)9-12-5-6-14(20)15(8-12)22-2/h3-10,20H,1H2,2H3/b16-9+. The van der Waals surface area contributed by atoms with E-state index in [0.717, 1.165) is 5.56 Å². The van der Waals surface area contributed by atoms with Gasteiger partial charge in [0.15, 0.2) is 11.5 Å². The number of phenols is 1. The van der Waals surface area contributed by atoms with E-state index >= 15 is 0 Å². The van der Waals surface area contributed by atoms with Crippen LogP contribution in [-0.2, 0) is 0 Å². The summed E-state index contributed by atoms with van der Waals surface area (Å²) in [5.74, 6) is 0.416. The highest BCUT2D eigenvalue weighted by Crippen LogP contribution is 2.26. The van der Waals surface area contributed by atoms with Crippen LogP contribution >= 0.6 is 11.3 Å². The van der Waals surface area contributed by atoms with Crippen molar-refractivity contribution < 1.29 is 9.84 Å². The van der Waals surface area contributed by atoms with Crippen LogP contribution in [0.2, 0.25) is 0 Å². The van der Waals surface area contributed by atoms with Gasteiger partial charge in [-0.05, 0) is 35.9 Å². The van der Waals surface area contributed by atoms with Crippen molar-refractivity contribution in [3.05, 3.63) is 67.8 Å². The van der Waals surface area contributed by atoms with Crippen LogP contribution in [0.5, 0.6) is 11.5 Å². The molecule has 2 aromatic heterocycles. The maximum atomic E-state index is 12.6. The van der Waals surface area contributed by atoms with Gasteiger partial charge >= 0.3 is 0 Å². The van der Waals surface area contributed by atoms with Gasteiger partial charge in [0.25, 0.3) is 5.56 Å². The molecule has 0 saturated heterocycles. The molecule has 1 N–H and O–H groups in total. The Morgan fingerprint density at radius 3 is 2.91 bits per heavy atom. The van der Waals surface area contributed by atoms with Gasteiger partial charge in [-0.25, -0.2) is 0 Å². The van der Waals surface area contributed by atoms with E-state index in [-0.39, 0.29) is 11.3 Å². The fraction of sp³-hybridized carbons (Fsp3) is 0.0588. The molecule has 0 aliphatic heterocycles. The summed E-state index contributed by atoms with van der Waals surface area (Å²) in [6.45, 7) is 3.94. The Bertz CT molecular complexity index is 1010. The molecule has 116 valence electrons. The second-order valence-corrected chi connectivity index (χ2v) is 5.90. The molecular weight excluding hydrogens is 312 g/mol. The van der Waals surface area contributed by atoms with E-state index in [2.05, 4.69) is 11.6 Å². The predicted molar refractivity (Wildman–Crippen MR) is 90.7 cm³/mol. The number of hydrogen-bond donors (Lipinski definition) is 1. The monoisotopic (exact) mass is 326 g/mol. The average Bonchev–Trinajstić information content (AvgIpc) is 2.84. The van der Waals surface area contributed by atoms with Gasteiger partial charge in [-0.15, -0.1) is 11.3 Å². The first-order valence-electron chi connectivity index (χ1n) is 6.80. The molecule has 0 amide bonds. The number of aromatic nitrogens is 2. The quantitative estimate of drug-likeness (QED) is 0.787. The van der Waals surface area contributed by atoms with Crippen LogP contribution in [-0.4, -0.2) is 21.8 Å². The number of thiazole rings is 1. The summed E-state index contributed by atoms with van der Waals surface area (Å²) < 4.78 is 7.78. The van der Waals surface area contributed by atoms with Crippen molar-refractivity contribution in [1.29, 1.82) is 0 Å². The van der Waals surface area contributed by atoms with Crippen molar-refractivity contribution in [2.45, 2.75) is 0 Å². The number of phenolic OH excluding ortho intramolecular Hbond substituents is 1. The van der Waals surface area contributed by atoms with E-state index in [1.54, 1.807) is 36.7 Å². The van der Waals surface area contributed by atoms with Crippen LogP contribution in [0.3, 0.4) is 0 Å². The molecule has 0 radical (unpaired) electrons. The Balaban J connectivity index is 2.16. The smallest absolute Gasteiger partial charge is 0.273 e. The third-order valence-corrected chi connectivity index (χ3v) is 4.23. The van der Waals surface area contributed by atoms with Crippen molar-refractivity contribution in [3.8, 4) is 17.2 Å². The summed E-state index contributed by atoms with van der Waals surface area (Å²) >= 11 is 1.30. The van der Waals surface area contributed by atoms with E-state index < -0.39 is 0 Å². The second kappa shape index (κ2) is 6.10. The highest BCUT2D eigenvalue weighted by atomic mass is 32.1. The normalized spacial score (nSPS) is 11.6. The molecular formula is C17H14N2O3S. The molecule has 0 spiro atoms. The summed E-state index contributed by atoms with van der Waals surface area (Å²) in [4.78, 5) is 16.6. The molecule has 0 aliphatic carbocycles.